The molecule has 0 aliphatic heterocycles. The highest BCUT2D eigenvalue weighted by molar-refractivity contribution is 5.75. The standard InChI is InChI=1S/C19H31NO2/c1-2-3-4-5-6-7-8-9-10-13-16-22-19-15-12-11-14-18(19)20-17-21/h11-12,14-15,17H,2-10,13,16H2,1H3,(H,20,21). The van der Waals surface area contributed by atoms with Gasteiger partial charge in [0.25, 0.3) is 0 Å². The van der Waals surface area contributed by atoms with Crippen LogP contribution in [0.5, 0.6) is 5.75 Å². The van der Waals surface area contributed by atoms with E-state index in [1.807, 2.05) is 24.3 Å². The fourth-order valence-electron chi connectivity index (χ4n) is 2.55. The maximum Gasteiger partial charge on any atom is 0.211 e. The molecule has 1 N–H and O–H groups in total. The fraction of sp³-hybridized carbons (Fsp3) is 0.632. The van der Waals surface area contributed by atoms with E-state index in [9.17, 15) is 4.79 Å². The molecule has 1 aromatic carbocycles. The first-order valence-corrected chi connectivity index (χ1v) is 8.80. The van der Waals surface area contributed by atoms with Crippen molar-refractivity contribution < 1.29 is 9.53 Å². The highest BCUT2D eigenvalue weighted by Crippen LogP contribution is 2.23. The second-order valence-corrected chi connectivity index (χ2v) is 5.79. The Bertz CT molecular complexity index is 393. The molecular formula is C19H31NO2. The number of hydrogen-bond acceptors (Lipinski definition) is 2. The summed E-state index contributed by atoms with van der Waals surface area (Å²) >= 11 is 0. The van der Waals surface area contributed by atoms with Crippen LogP contribution in [0.2, 0.25) is 0 Å². The zero-order valence-corrected chi connectivity index (χ0v) is 14.0. The number of rotatable bonds is 14. The number of hydrogen-bond donors (Lipinski definition) is 1. The Morgan fingerprint density at radius 1 is 0.909 bits per heavy atom. The number of benzene rings is 1. The van der Waals surface area contributed by atoms with E-state index < -0.39 is 0 Å². The highest BCUT2D eigenvalue weighted by Gasteiger charge is 2.01. The number of carbonyl (C=O) groups is 1. The van der Waals surface area contributed by atoms with E-state index in [1.54, 1.807) is 0 Å². The number of ether oxygens (including phenoxy) is 1. The highest BCUT2D eigenvalue weighted by atomic mass is 16.5. The maximum atomic E-state index is 10.5. The molecule has 0 radical (unpaired) electrons. The van der Waals surface area contributed by atoms with Crippen LogP contribution in [0.1, 0.15) is 71.1 Å². The third-order valence-corrected chi connectivity index (χ3v) is 3.86. The van der Waals surface area contributed by atoms with Crippen molar-refractivity contribution in [1.29, 1.82) is 0 Å². The molecule has 0 bridgehead atoms. The summed E-state index contributed by atoms with van der Waals surface area (Å²) in [4.78, 5) is 10.5. The summed E-state index contributed by atoms with van der Waals surface area (Å²) in [5, 5.41) is 2.66. The van der Waals surface area contributed by atoms with Crippen molar-refractivity contribution in [3.05, 3.63) is 24.3 Å². The Balaban J connectivity index is 1.98. The molecule has 0 heterocycles. The normalized spacial score (nSPS) is 10.4. The first-order valence-electron chi connectivity index (χ1n) is 8.80. The molecule has 0 unspecified atom stereocenters. The molecule has 1 rings (SSSR count). The lowest BCUT2D eigenvalue weighted by atomic mass is 10.1. The van der Waals surface area contributed by atoms with Gasteiger partial charge < -0.3 is 10.1 Å². The molecule has 0 saturated carbocycles. The second kappa shape index (κ2) is 13.2. The smallest absolute Gasteiger partial charge is 0.211 e. The van der Waals surface area contributed by atoms with Crippen molar-refractivity contribution in [2.75, 3.05) is 11.9 Å². The molecule has 0 aliphatic carbocycles. The van der Waals surface area contributed by atoms with Gasteiger partial charge in [-0.25, -0.2) is 0 Å². The van der Waals surface area contributed by atoms with E-state index in [0.29, 0.717) is 13.0 Å². The Labute approximate surface area is 135 Å². The molecule has 0 spiro atoms. The SMILES string of the molecule is CCCCCCCCCCCCOc1ccccc1NC=O. The zero-order chi connectivity index (χ0) is 15.9. The number of unbranched alkanes of at least 4 members (excludes halogenated alkanes) is 9. The largest absolute Gasteiger partial charge is 0.491 e. The second-order valence-electron chi connectivity index (χ2n) is 5.79. The Hall–Kier alpha value is -1.51. The van der Waals surface area contributed by atoms with E-state index in [1.165, 1.54) is 57.8 Å². The minimum absolute atomic E-state index is 0.683. The summed E-state index contributed by atoms with van der Waals surface area (Å²) in [6.07, 6.45) is 13.9. The molecule has 1 amide bonds. The van der Waals surface area contributed by atoms with Crippen LogP contribution in [-0.2, 0) is 4.79 Å². The Morgan fingerprint density at radius 2 is 1.50 bits per heavy atom. The summed E-state index contributed by atoms with van der Waals surface area (Å²) in [5.74, 6) is 0.755. The first-order chi connectivity index (χ1) is 10.9. The number of carbonyl (C=O) groups excluding carboxylic acids is 1. The van der Waals surface area contributed by atoms with Crippen molar-refractivity contribution in [3.8, 4) is 5.75 Å². The van der Waals surface area contributed by atoms with Gasteiger partial charge in [-0.05, 0) is 18.6 Å². The minimum atomic E-state index is 0.683. The summed E-state index contributed by atoms with van der Waals surface area (Å²) < 4.78 is 5.74. The van der Waals surface area contributed by atoms with Crippen LogP contribution in [0, 0.1) is 0 Å². The molecule has 0 aromatic heterocycles. The summed E-state index contributed by atoms with van der Waals surface area (Å²) in [6.45, 7) is 2.98. The molecule has 0 saturated heterocycles. The molecule has 3 nitrogen and oxygen atoms in total. The van der Waals surface area contributed by atoms with Crippen LogP contribution in [0.25, 0.3) is 0 Å². The zero-order valence-electron chi connectivity index (χ0n) is 14.0. The molecule has 0 atom stereocenters. The Kier molecular flexibility index (Phi) is 11.1. The molecule has 1 aromatic rings. The maximum absolute atomic E-state index is 10.5. The quantitative estimate of drug-likeness (QED) is 0.361. The number of amides is 1. The van der Waals surface area contributed by atoms with Crippen molar-refractivity contribution in [3.63, 3.8) is 0 Å². The molecule has 0 fully saturated rings. The van der Waals surface area contributed by atoms with Crippen molar-refractivity contribution in [2.45, 2.75) is 71.1 Å². The van der Waals surface area contributed by atoms with Gasteiger partial charge in [-0.2, -0.15) is 0 Å². The lowest BCUT2D eigenvalue weighted by Gasteiger charge is -2.10. The van der Waals surface area contributed by atoms with Gasteiger partial charge in [-0.15, -0.1) is 0 Å². The topological polar surface area (TPSA) is 38.3 Å². The molecule has 0 aliphatic rings. The van der Waals surface area contributed by atoms with Gasteiger partial charge in [0.05, 0.1) is 12.3 Å². The van der Waals surface area contributed by atoms with Gasteiger partial charge in [-0.1, -0.05) is 76.8 Å². The molecular weight excluding hydrogens is 274 g/mol. The number of anilines is 1. The minimum Gasteiger partial charge on any atom is -0.491 e. The van der Waals surface area contributed by atoms with E-state index in [2.05, 4.69) is 12.2 Å². The van der Waals surface area contributed by atoms with Gasteiger partial charge in [-0.3, -0.25) is 4.79 Å². The average Bonchev–Trinajstić information content (AvgIpc) is 2.54. The lowest BCUT2D eigenvalue weighted by Crippen LogP contribution is -2.02. The van der Waals surface area contributed by atoms with E-state index in [4.69, 9.17) is 4.74 Å². The van der Waals surface area contributed by atoms with Crippen LogP contribution in [0.3, 0.4) is 0 Å². The third-order valence-electron chi connectivity index (χ3n) is 3.86. The van der Waals surface area contributed by atoms with Gasteiger partial charge in [0.15, 0.2) is 0 Å². The average molecular weight is 305 g/mol. The van der Waals surface area contributed by atoms with E-state index in [0.717, 1.165) is 17.9 Å². The summed E-state index contributed by atoms with van der Waals surface area (Å²) in [6, 6.07) is 7.55. The van der Waals surface area contributed by atoms with Gasteiger partial charge in [0.1, 0.15) is 5.75 Å². The fourth-order valence-corrected chi connectivity index (χ4v) is 2.55. The predicted octanol–water partition coefficient (Wildman–Crippen LogP) is 5.55. The molecule has 124 valence electrons. The van der Waals surface area contributed by atoms with Crippen LogP contribution < -0.4 is 10.1 Å². The number of nitrogens with one attached hydrogen (secondary N) is 1. The van der Waals surface area contributed by atoms with E-state index in [-0.39, 0.29) is 0 Å². The van der Waals surface area contributed by atoms with Crippen molar-refractivity contribution >= 4 is 12.1 Å². The van der Waals surface area contributed by atoms with Crippen LogP contribution in [-0.4, -0.2) is 13.0 Å². The summed E-state index contributed by atoms with van der Waals surface area (Å²) in [7, 11) is 0. The number of para-hydroxylation sites is 2. The molecule has 22 heavy (non-hydrogen) atoms. The third kappa shape index (κ3) is 8.71. The Morgan fingerprint density at radius 3 is 2.14 bits per heavy atom. The van der Waals surface area contributed by atoms with Crippen LogP contribution in [0.4, 0.5) is 5.69 Å². The van der Waals surface area contributed by atoms with Crippen molar-refractivity contribution in [1.82, 2.24) is 0 Å². The predicted molar refractivity (Wildman–Crippen MR) is 93.5 cm³/mol. The van der Waals surface area contributed by atoms with Gasteiger partial charge in [0, 0.05) is 0 Å². The van der Waals surface area contributed by atoms with Crippen LogP contribution in [0.15, 0.2) is 24.3 Å². The molecule has 3 heteroatoms. The van der Waals surface area contributed by atoms with Gasteiger partial charge in [0.2, 0.25) is 6.41 Å². The van der Waals surface area contributed by atoms with Crippen LogP contribution >= 0.6 is 0 Å². The lowest BCUT2D eigenvalue weighted by molar-refractivity contribution is -0.105. The van der Waals surface area contributed by atoms with Gasteiger partial charge >= 0.3 is 0 Å². The monoisotopic (exact) mass is 305 g/mol. The first kappa shape index (κ1) is 18.5. The van der Waals surface area contributed by atoms with Crippen molar-refractivity contribution in [2.24, 2.45) is 0 Å². The van der Waals surface area contributed by atoms with E-state index >= 15 is 0 Å². The summed E-state index contributed by atoms with van der Waals surface area (Å²) in [5.41, 5.74) is 0.740.